The van der Waals surface area contributed by atoms with Gasteiger partial charge in [-0.25, -0.2) is 0 Å². The predicted molar refractivity (Wildman–Crippen MR) is 139 cm³/mol. The van der Waals surface area contributed by atoms with Gasteiger partial charge in [0.15, 0.2) is 10.9 Å². The standard InChI is InChI=1S/2C15H10O3/c2*16-11-6-7-14-12(8-11)13(17)9-15(18-14)10-4-2-1-3-5-10/h2*1-9,16H. The van der Waals surface area contributed by atoms with Gasteiger partial charge in [-0.3, -0.25) is 9.59 Å². The fraction of sp³-hybridized carbons (Fsp3) is 0. The zero-order chi connectivity index (χ0) is 25.1. The van der Waals surface area contributed by atoms with Crippen LogP contribution in [0.2, 0.25) is 0 Å². The van der Waals surface area contributed by atoms with Crippen molar-refractivity contribution in [1.82, 2.24) is 0 Å². The maximum Gasteiger partial charge on any atom is 0.193 e. The molecule has 4 aromatic carbocycles. The van der Waals surface area contributed by atoms with Crippen LogP contribution >= 0.6 is 0 Å². The Labute approximate surface area is 204 Å². The number of fused-ring (bicyclic) bond motifs is 2. The lowest BCUT2D eigenvalue weighted by atomic mass is 10.1. The molecule has 2 N–H and O–H groups in total. The summed E-state index contributed by atoms with van der Waals surface area (Å²) in [5, 5.41) is 19.5. The van der Waals surface area contributed by atoms with Crippen molar-refractivity contribution in [2.24, 2.45) is 0 Å². The summed E-state index contributed by atoms with van der Waals surface area (Å²) in [4.78, 5) is 23.9. The van der Waals surface area contributed by atoms with E-state index in [0.717, 1.165) is 11.1 Å². The topological polar surface area (TPSA) is 101 Å². The van der Waals surface area contributed by atoms with Gasteiger partial charge in [0.1, 0.15) is 34.2 Å². The molecule has 0 aliphatic carbocycles. The van der Waals surface area contributed by atoms with Crippen LogP contribution in [0, 0.1) is 0 Å². The van der Waals surface area contributed by atoms with Crippen molar-refractivity contribution in [2.75, 3.05) is 0 Å². The largest absolute Gasteiger partial charge is 0.508 e. The molecule has 6 heteroatoms. The Morgan fingerprint density at radius 3 is 1.25 bits per heavy atom. The van der Waals surface area contributed by atoms with Crippen molar-refractivity contribution in [3.63, 3.8) is 0 Å². The molecule has 0 radical (unpaired) electrons. The Kier molecular flexibility index (Phi) is 6.07. The van der Waals surface area contributed by atoms with Gasteiger partial charge in [-0.2, -0.15) is 0 Å². The first-order valence-corrected chi connectivity index (χ1v) is 11.1. The first kappa shape index (κ1) is 22.7. The van der Waals surface area contributed by atoms with E-state index in [1.54, 1.807) is 12.1 Å². The van der Waals surface area contributed by atoms with Crippen LogP contribution in [0.3, 0.4) is 0 Å². The molecule has 0 amide bonds. The molecule has 0 saturated carbocycles. The third kappa shape index (κ3) is 4.74. The van der Waals surface area contributed by atoms with Gasteiger partial charge in [0, 0.05) is 23.3 Å². The summed E-state index contributed by atoms with van der Waals surface area (Å²) in [5.41, 5.74) is 2.32. The number of hydrogen-bond donors (Lipinski definition) is 2. The van der Waals surface area contributed by atoms with Crippen LogP contribution < -0.4 is 10.9 Å². The normalized spacial score (nSPS) is 10.7. The Bertz CT molecular complexity index is 1650. The molecule has 0 fully saturated rings. The Morgan fingerprint density at radius 1 is 0.472 bits per heavy atom. The number of hydrogen-bond acceptors (Lipinski definition) is 6. The highest BCUT2D eigenvalue weighted by Crippen LogP contribution is 2.25. The molecule has 2 aromatic heterocycles. The fourth-order valence-corrected chi connectivity index (χ4v) is 3.78. The Morgan fingerprint density at radius 2 is 0.861 bits per heavy atom. The average Bonchev–Trinajstić information content (AvgIpc) is 2.91. The molecule has 0 atom stereocenters. The lowest BCUT2D eigenvalue weighted by Crippen LogP contribution is -1.99. The molecule has 36 heavy (non-hydrogen) atoms. The first-order valence-electron chi connectivity index (χ1n) is 11.1. The average molecular weight is 476 g/mol. The van der Waals surface area contributed by atoms with E-state index in [2.05, 4.69) is 0 Å². The second-order valence-corrected chi connectivity index (χ2v) is 8.04. The van der Waals surface area contributed by atoms with Gasteiger partial charge >= 0.3 is 0 Å². The smallest absolute Gasteiger partial charge is 0.193 e. The van der Waals surface area contributed by atoms with Crippen molar-refractivity contribution in [2.45, 2.75) is 0 Å². The predicted octanol–water partition coefficient (Wildman–Crippen LogP) is 6.33. The zero-order valence-corrected chi connectivity index (χ0v) is 18.9. The molecule has 0 unspecified atom stereocenters. The van der Waals surface area contributed by atoms with Crippen LogP contribution in [0.25, 0.3) is 44.6 Å². The maximum absolute atomic E-state index is 12.0. The van der Waals surface area contributed by atoms with Crippen LogP contribution in [0.15, 0.2) is 128 Å². The number of phenols is 2. The molecule has 0 aliphatic rings. The molecule has 0 saturated heterocycles. The van der Waals surface area contributed by atoms with Gasteiger partial charge in [-0.1, -0.05) is 60.7 Å². The van der Waals surface area contributed by atoms with Crippen molar-refractivity contribution < 1.29 is 19.0 Å². The molecule has 0 aliphatic heterocycles. The number of phenolic OH excluding ortho intramolecular Hbond substituents is 2. The van der Waals surface area contributed by atoms with Crippen LogP contribution in [0.5, 0.6) is 11.5 Å². The molecule has 176 valence electrons. The summed E-state index contributed by atoms with van der Waals surface area (Å²) < 4.78 is 11.3. The van der Waals surface area contributed by atoms with Gasteiger partial charge in [-0.05, 0) is 36.4 Å². The highest BCUT2D eigenvalue weighted by molar-refractivity contribution is 5.81. The third-order valence-electron chi connectivity index (χ3n) is 5.54. The van der Waals surface area contributed by atoms with Crippen LogP contribution in [0.4, 0.5) is 0 Å². The van der Waals surface area contributed by atoms with E-state index in [0.29, 0.717) is 33.5 Å². The van der Waals surface area contributed by atoms with Gasteiger partial charge in [-0.15, -0.1) is 0 Å². The summed E-state index contributed by atoms with van der Waals surface area (Å²) in [6.45, 7) is 0. The van der Waals surface area contributed by atoms with Crippen molar-refractivity contribution >= 4 is 21.9 Å². The third-order valence-corrected chi connectivity index (χ3v) is 5.54. The minimum Gasteiger partial charge on any atom is -0.508 e. The van der Waals surface area contributed by atoms with Gasteiger partial charge in [0.05, 0.1) is 10.8 Å². The van der Waals surface area contributed by atoms with Crippen LogP contribution in [-0.2, 0) is 0 Å². The van der Waals surface area contributed by atoms with Crippen LogP contribution in [-0.4, -0.2) is 10.2 Å². The minimum absolute atomic E-state index is 0.0576. The van der Waals surface area contributed by atoms with E-state index >= 15 is 0 Å². The number of aromatic hydroxyl groups is 2. The molecular formula is C30H20O6. The molecular weight excluding hydrogens is 456 g/mol. The quantitative estimate of drug-likeness (QED) is 0.303. The first-order chi connectivity index (χ1) is 17.5. The summed E-state index contributed by atoms with van der Waals surface area (Å²) in [5.74, 6) is 1.17. The molecule has 6 nitrogen and oxygen atoms in total. The maximum atomic E-state index is 12.0. The molecule has 2 heterocycles. The minimum atomic E-state index is -0.161. The van der Waals surface area contributed by atoms with E-state index in [-0.39, 0.29) is 22.4 Å². The van der Waals surface area contributed by atoms with Gasteiger partial charge in [0.2, 0.25) is 0 Å². The van der Waals surface area contributed by atoms with E-state index in [1.165, 1.54) is 36.4 Å². The summed E-state index contributed by atoms with van der Waals surface area (Å²) in [6.07, 6.45) is 0. The highest BCUT2D eigenvalue weighted by Gasteiger charge is 2.08. The number of rotatable bonds is 2. The van der Waals surface area contributed by atoms with Crippen molar-refractivity contribution in [1.29, 1.82) is 0 Å². The molecule has 6 rings (SSSR count). The zero-order valence-electron chi connectivity index (χ0n) is 18.9. The van der Waals surface area contributed by atoms with Crippen molar-refractivity contribution in [3.05, 3.63) is 130 Å². The summed E-state index contributed by atoms with van der Waals surface area (Å²) >= 11 is 0. The van der Waals surface area contributed by atoms with Crippen molar-refractivity contribution in [3.8, 4) is 34.1 Å². The Hall–Kier alpha value is -5.10. The van der Waals surface area contributed by atoms with E-state index < -0.39 is 0 Å². The van der Waals surface area contributed by atoms with Crippen LogP contribution in [0.1, 0.15) is 0 Å². The fourth-order valence-electron chi connectivity index (χ4n) is 3.78. The second-order valence-electron chi connectivity index (χ2n) is 8.04. The molecule has 6 aromatic rings. The highest BCUT2D eigenvalue weighted by atomic mass is 16.3. The lowest BCUT2D eigenvalue weighted by Gasteiger charge is -2.03. The summed E-state index contributed by atoms with van der Waals surface area (Å²) in [7, 11) is 0. The van der Waals surface area contributed by atoms with E-state index in [4.69, 9.17) is 8.83 Å². The SMILES string of the molecule is O=c1cc(-c2ccccc2)oc2ccc(O)cc12.O=c1cc(-c2ccccc2)oc2ccc(O)cc12. The monoisotopic (exact) mass is 476 g/mol. The lowest BCUT2D eigenvalue weighted by molar-refractivity contribution is 0.475. The Balaban J connectivity index is 0.000000148. The summed E-state index contributed by atoms with van der Waals surface area (Å²) in [6, 6.07) is 30.8. The van der Waals surface area contributed by atoms with E-state index in [1.807, 2.05) is 60.7 Å². The van der Waals surface area contributed by atoms with E-state index in [9.17, 15) is 19.8 Å². The van der Waals surface area contributed by atoms with Gasteiger partial charge in [0.25, 0.3) is 0 Å². The number of benzene rings is 4. The molecule has 0 spiro atoms. The second kappa shape index (κ2) is 9.64. The molecule has 0 bridgehead atoms. The van der Waals surface area contributed by atoms with Gasteiger partial charge < -0.3 is 19.0 Å².